The van der Waals surface area contributed by atoms with E-state index in [-0.39, 0.29) is 11.7 Å². The van der Waals surface area contributed by atoms with Crippen molar-refractivity contribution in [2.24, 2.45) is 5.73 Å². The van der Waals surface area contributed by atoms with Gasteiger partial charge in [0.2, 0.25) is 0 Å². The minimum atomic E-state index is -4.53. The Kier molecular flexibility index (Phi) is 4.95. The van der Waals surface area contributed by atoms with E-state index in [4.69, 9.17) is 5.73 Å². The highest BCUT2D eigenvalue weighted by molar-refractivity contribution is 5.47. The van der Waals surface area contributed by atoms with Crippen molar-refractivity contribution < 1.29 is 17.6 Å². The van der Waals surface area contributed by atoms with Crippen LogP contribution in [0.2, 0.25) is 0 Å². The van der Waals surface area contributed by atoms with Crippen molar-refractivity contribution in [2.75, 3.05) is 11.9 Å². The molecule has 1 unspecified atom stereocenters. The smallest absolute Gasteiger partial charge is 0.381 e. The van der Waals surface area contributed by atoms with Crippen molar-refractivity contribution >= 4 is 5.69 Å². The number of halogens is 4. The van der Waals surface area contributed by atoms with E-state index in [2.05, 4.69) is 5.32 Å². The molecule has 6 heteroatoms. The molecule has 0 aliphatic rings. The van der Waals surface area contributed by atoms with E-state index in [0.717, 1.165) is 25.0 Å². The highest BCUT2D eigenvalue weighted by Crippen LogP contribution is 2.31. The van der Waals surface area contributed by atoms with E-state index in [0.29, 0.717) is 12.6 Å². The molecular weight excluding hydrogens is 248 g/mol. The van der Waals surface area contributed by atoms with Gasteiger partial charge < -0.3 is 11.1 Å². The molecule has 0 spiro atoms. The van der Waals surface area contributed by atoms with Gasteiger partial charge in [-0.2, -0.15) is 13.2 Å². The Morgan fingerprint density at radius 2 is 2.00 bits per heavy atom. The quantitative estimate of drug-likeness (QED) is 0.800. The molecule has 0 aromatic heterocycles. The summed E-state index contributed by atoms with van der Waals surface area (Å²) in [5.41, 5.74) is 4.76. The Labute approximate surface area is 103 Å². The van der Waals surface area contributed by atoms with Crippen molar-refractivity contribution in [1.82, 2.24) is 0 Å². The molecule has 1 aromatic carbocycles. The summed E-state index contributed by atoms with van der Waals surface area (Å²) in [6, 6.07) is 2.26. The lowest BCUT2D eigenvalue weighted by molar-refractivity contribution is -0.137. The third kappa shape index (κ3) is 4.18. The molecule has 0 saturated heterocycles. The largest absolute Gasteiger partial charge is 0.416 e. The maximum absolute atomic E-state index is 13.4. The van der Waals surface area contributed by atoms with Crippen LogP contribution in [0.25, 0.3) is 0 Å². The van der Waals surface area contributed by atoms with Crippen LogP contribution in [0.3, 0.4) is 0 Å². The van der Waals surface area contributed by atoms with E-state index in [1.807, 2.05) is 6.92 Å². The van der Waals surface area contributed by atoms with Crippen LogP contribution in [0.1, 0.15) is 25.3 Å². The highest BCUT2D eigenvalue weighted by atomic mass is 19.4. The average molecular weight is 264 g/mol. The van der Waals surface area contributed by atoms with Crippen molar-refractivity contribution in [3.8, 4) is 0 Å². The van der Waals surface area contributed by atoms with Crippen LogP contribution >= 0.6 is 0 Å². The van der Waals surface area contributed by atoms with E-state index >= 15 is 0 Å². The molecule has 0 aliphatic heterocycles. The summed E-state index contributed by atoms with van der Waals surface area (Å²) < 4.78 is 50.3. The molecule has 3 N–H and O–H groups in total. The fourth-order valence-corrected chi connectivity index (χ4v) is 1.55. The molecule has 0 heterocycles. The zero-order valence-corrected chi connectivity index (χ0v) is 10.0. The standard InChI is InChI=1S/C12H16F4N2/c1-2-3-9(17)7-18-11-5-4-8(6-10(11)13)12(14,15)16/h4-6,9,18H,2-3,7,17H2,1H3. The van der Waals surface area contributed by atoms with Gasteiger partial charge in [0.1, 0.15) is 5.82 Å². The molecule has 0 aliphatic carbocycles. The zero-order chi connectivity index (χ0) is 13.8. The molecule has 0 bridgehead atoms. The van der Waals surface area contributed by atoms with Crippen LogP contribution in [-0.4, -0.2) is 12.6 Å². The van der Waals surface area contributed by atoms with Crippen LogP contribution < -0.4 is 11.1 Å². The first-order valence-corrected chi connectivity index (χ1v) is 5.70. The predicted molar refractivity (Wildman–Crippen MR) is 62.8 cm³/mol. The SMILES string of the molecule is CCCC(N)CNc1ccc(C(F)(F)F)cc1F. The molecule has 0 radical (unpaired) electrons. The van der Waals surface area contributed by atoms with Crippen molar-refractivity contribution in [1.29, 1.82) is 0 Å². The van der Waals surface area contributed by atoms with Gasteiger partial charge in [-0.1, -0.05) is 13.3 Å². The normalized spacial score (nSPS) is 13.4. The first kappa shape index (κ1) is 14.8. The number of nitrogens with two attached hydrogens (primary N) is 1. The molecule has 18 heavy (non-hydrogen) atoms. The van der Waals surface area contributed by atoms with Gasteiger partial charge in [0.15, 0.2) is 0 Å². The molecule has 1 aromatic rings. The van der Waals surface area contributed by atoms with Crippen LogP contribution in [0, 0.1) is 5.82 Å². The van der Waals surface area contributed by atoms with E-state index < -0.39 is 17.6 Å². The molecule has 1 atom stereocenters. The second-order valence-electron chi connectivity index (χ2n) is 4.12. The van der Waals surface area contributed by atoms with Crippen molar-refractivity contribution in [3.05, 3.63) is 29.6 Å². The molecule has 0 fully saturated rings. The first-order chi connectivity index (χ1) is 8.34. The summed E-state index contributed by atoms with van der Waals surface area (Å²) in [7, 11) is 0. The first-order valence-electron chi connectivity index (χ1n) is 5.70. The minimum absolute atomic E-state index is 0.0366. The monoisotopic (exact) mass is 264 g/mol. The fraction of sp³-hybridized carbons (Fsp3) is 0.500. The number of nitrogens with one attached hydrogen (secondary N) is 1. The lowest BCUT2D eigenvalue weighted by atomic mass is 10.1. The van der Waals surface area contributed by atoms with Gasteiger partial charge in [0.05, 0.1) is 11.3 Å². The maximum Gasteiger partial charge on any atom is 0.416 e. The number of hydrogen-bond donors (Lipinski definition) is 2. The summed E-state index contributed by atoms with van der Waals surface area (Å²) in [4.78, 5) is 0. The summed E-state index contributed by atoms with van der Waals surface area (Å²) in [6.07, 6.45) is -2.86. The van der Waals surface area contributed by atoms with E-state index in [1.165, 1.54) is 0 Å². The molecule has 102 valence electrons. The van der Waals surface area contributed by atoms with Gasteiger partial charge in [0, 0.05) is 12.6 Å². The average Bonchev–Trinajstić information content (AvgIpc) is 2.26. The van der Waals surface area contributed by atoms with Gasteiger partial charge in [-0.15, -0.1) is 0 Å². The number of alkyl halides is 3. The molecule has 2 nitrogen and oxygen atoms in total. The second kappa shape index (κ2) is 6.04. The fourth-order valence-electron chi connectivity index (χ4n) is 1.55. The van der Waals surface area contributed by atoms with Crippen LogP contribution in [0.5, 0.6) is 0 Å². The molecule has 0 amide bonds. The Bertz CT molecular complexity index is 390. The molecular formula is C12H16F4N2. The number of rotatable bonds is 5. The summed E-state index contributed by atoms with van der Waals surface area (Å²) in [6.45, 7) is 2.30. The van der Waals surface area contributed by atoms with Gasteiger partial charge >= 0.3 is 6.18 Å². The maximum atomic E-state index is 13.4. The lowest BCUT2D eigenvalue weighted by Crippen LogP contribution is -2.29. The van der Waals surface area contributed by atoms with Crippen LogP contribution in [0.4, 0.5) is 23.2 Å². The minimum Gasteiger partial charge on any atom is -0.381 e. The summed E-state index contributed by atoms with van der Waals surface area (Å²) >= 11 is 0. The van der Waals surface area contributed by atoms with Gasteiger partial charge in [-0.25, -0.2) is 4.39 Å². The third-order valence-electron chi connectivity index (χ3n) is 2.51. The molecule has 0 saturated carbocycles. The Hall–Kier alpha value is -1.30. The van der Waals surface area contributed by atoms with Crippen LogP contribution in [0.15, 0.2) is 18.2 Å². The van der Waals surface area contributed by atoms with E-state index in [1.54, 1.807) is 0 Å². The Balaban J connectivity index is 2.69. The van der Waals surface area contributed by atoms with E-state index in [9.17, 15) is 17.6 Å². The predicted octanol–water partition coefficient (Wildman–Crippen LogP) is 3.38. The number of hydrogen-bond acceptors (Lipinski definition) is 2. The Morgan fingerprint density at radius 1 is 1.33 bits per heavy atom. The third-order valence-corrected chi connectivity index (χ3v) is 2.51. The summed E-state index contributed by atoms with van der Waals surface area (Å²) in [5, 5.41) is 2.71. The number of anilines is 1. The van der Waals surface area contributed by atoms with Gasteiger partial charge in [-0.3, -0.25) is 0 Å². The zero-order valence-electron chi connectivity index (χ0n) is 10.0. The van der Waals surface area contributed by atoms with Gasteiger partial charge in [0.25, 0.3) is 0 Å². The topological polar surface area (TPSA) is 38.0 Å². The van der Waals surface area contributed by atoms with Crippen LogP contribution in [-0.2, 0) is 6.18 Å². The second-order valence-corrected chi connectivity index (χ2v) is 4.12. The van der Waals surface area contributed by atoms with Crippen molar-refractivity contribution in [3.63, 3.8) is 0 Å². The van der Waals surface area contributed by atoms with Gasteiger partial charge in [-0.05, 0) is 24.6 Å². The highest BCUT2D eigenvalue weighted by Gasteiger charge is 2.31. The Morgan fingerprint density at radius 3 is 2.50 bits per heavy atom. The number of benzene rings is 1. The lowest BCUT2D eigenvalue weighted by Gasteiger charge is -2.14. The van der Waals surface area contributed by atoms with Crippen molar-refractivity contribution in [2.45, 2.75) is 32.0 Å². The summed E-state index contributed by atoms with van der Waals surface area (Å²) in [5.74, 6) is -0.923. The molecule has 1 rings (SSSR count).